The number of para-hydroxylation sites is 1. The molecular formula is C20H18FN3O3. The Balaban J connectivity index is 1.53. The summed E-state index contributed by atoms with van der Waals surface area (Å²) in [6, 6.07) is 16.2. The number of furan rings is 1. The van der Waals surface area contributed by atoms with Crippen LogP contribution in [0, 0.1) is 5.82 Å². The van der Waals surface area contributed by atoms with Crippen LogP contribution in [-0.4, -0.2) is 18.4 Å². The third kappa shape index (κ3) is 5.18. The van der Waals surface area contributed by atoms with Crippen molar-refractivity contribution < 1.29 is 18.4 Å². The van der Waals surface area contributed by atoms with E-state index in [1.165, 1.54) is 12.1 Å². The summed E-state index contributed by atoms with van der Waals surface area (Å²) in [6.45, 7) is 0.223. The summed E-state index contributed by atoms with van der Waals surface area (Å²) in [5.74, 6) is -0.498. The fourth-order valence-corrected chi connectivity index (χ4v) is 2.39. The summed E-state index contributed by atoms with van der Waals surface area (Å²) in [7, 11) is 0. The van der Waals surface area contributed by atoms with Crippen LogP contribution in [0.15, 0.2) is 71.3 Å². The van der Waals surface area contributed by atoms with Crippen LogP contribution in [0.2, 0.25) is 0 Å². The van der Waals surface area contributed by atoms with E-state index >= 15 is 0 Å². The number of rotatable bonds is 7. The normalized spacial score (nSPS) is 10.3. The predicted molar refractivity (Wildman–Crippen MR) is 99.8 cm³/mol. The third-order valence-electron chi connectivity index (χ3n) is 3.73. The number of benzene rings is 2. The monoisotopic (exact) mass is 367 g/mol. The molecule has 2 amide bonds. The van der Waals surface area contributed by atoms with Gasteiger partial charge in [0, 0.05) is 11.3 Å². The van der Waals surface area contributed by atoms with Gasteiger partial charge in [0.05, 0.1) is 25.0 Å². The first kappa shape index (κ1) is 18.2. The minimum absolute atomic E-state index is 0.0637. The molecule has 0 radical (unpaired) electrons. The Morgan fingerprint density at radius 3 is 2.63 bits per heavy atom. The lowest BCUT2D eigenvalue weighted by atomic mass is 10.2. The van der Waals surface area contributed by atoms with Crippen LogP contribution in [0.3, 0.4) is 0 Å². The maximum absolute atomic E-state index is 13.5. The Kier molecular flexibility index (Phi) is 5.84. The minimum atomic E-state index is -0.499. The quantitative estimate of drug-likeness (QED) is 0.598. The third-order valence-corrected chi connectivity index (χ3v) is 3.73. The summed E-state index contributed by atoms with van der Waals surface area (Å²) in [4.78, 5) is 24.2. The van der Waals surface area contributed by atoms with Gasteiger partial charge < -0.3 is 20.4 Å². The van der Waals surface area contributed by atoms with Crippen LogP contribution in [0.4, 0.5) is 15.8 Å². The number of anilines is 2. The molecule has 3 aromatic rings. The molecule has 0 aliphatic carbocycles. The number of hydrogen-bond acceptors (Lipinski definition) is 4. The van der Waals surface area contributed by atoms with Crippen molar-refractivity contribution in [3.8, 4) is 0 Å². The summed E-state index contributed by atoms with van der Waals surface area (Å²) < 4.78 is 18.7. The molecule has 0 fully saturated rings. The van der Waals surface area contributed by atoms with E-state index < -0.39 is 11.7 Å². The average Bonchev–Trinajstić information content (AvgIpc) is 3.20. The molecule has 138 valence electrons. The van der Waals surface area contributed by atoms with Crippen LogP contribution in [0.1, 0.15) is 16.1 Å². The Bertz CT molecular complexity index is 926. The topological polar surface area (TPSA) is 83.4 Å². The van der Waals surface area contributed by atoms with Gasteiger partial charge in [0.25, 0.3) is 5.91 Å². The van der Waals surface area contributed by atoms with E-state index in [9.17, 15) is 14.0 Å². The smallest absolute Gasteiger partial charge is 0.251 e. The number of nitrogens with one attached hydrogen (secondary N) is 3. The largest absolute Gasteiger partial charge is 0.467 e. The molecule has 1 heterocycles. The van der Waals surface area contributed by atoms with Crippen molar-refractivity contribution in [2.24, 2.45) is 0 Å². The van der Waals surface area contributed by atoms with Crippen LogP contribution >= 0.6 is 0 Å². The first-order chi connectivity index (χ1) is 13.1. The highest BCUT2D eigenvalue weighted by Gasteiger charge is 2.09. The minimum Gasteiger partial charge on any atom is -0.467 e. The second-order valence-electron chi connectivity index (χ2n) is 5.72. The molecule has 7 heteroatoms. The van der Waals surface area contributed by atoms with Gasteiger partial charge in [0.2, 0.25) is 5.91 Å². The van der Waals surface area contributed by atoms with Crippen LogP contribution in [0.25, 0.3) is 0 Å². The molecule has 0 saturated carbocycles. The van der Waals surface area contributed by atoms with Gasteiger partial charge in [-0.15, -0.1) is 0 Å². The van der Waals surface area contributed by atoms with E-state index in [1.54, 1.807) is 54.8 Å². The number of carbonyl (C=O) groups excluding carboxylic acids is 2. The van der Waals surface area contributed by atoms with Gasteiger partial charge in [-0.2, -0.15) is 0 Å². The zero-order chi connectivity index (χ0) is 19.1. The summed E-state index contributed by atoms with van der Waals surface area (Å²) >= 11 is 0. The lowest BCUT2D eigenvalue weighted by Gasteiger charge is -2.10. The maximum Gasteiger partial charge on any atom is 0.251 e. The fraction of sp³-hybridized carbons (Fsp3) is 0.100. The molecule has 0 saturated heterocycles. The Hall–Kier alpha value is -3.61. The highest BCUT2D eigenvalue weighted by molar-refractivity contribution is 5.96. The van der Waals surface area contributed by atoms with Gasteiger partial charge in [0.15, 0.2) is 0 Å². The number of halogens is 1. The molecule has 0 aliphatic rings. The van der Waals surface area contributed by atoms with E-state index in [1.807, 2.05) is 0 Å². The lowest BCUT2D eigenvalue weighted by molar-refractivity contribution is -0.114. The van der Waals surface area contributed by atoms with Gasteiger partial charge in [-0.1, -0.05) is 18.2 Å². The Morgan fingerprint density at radius 1 is 1.00 bits per heavy atom. The second-order valence-corrected chi connectivity index (χ2v) is 5.72. The summed E-state index contributed by atoms with van der Waals surface area (Å²) in [5.41, 5.74) is 1.17. The molecule has 6 nitrogen and oxygen atoms in total. The molecule has 0 atom stereocenters. The van der Waals surface area contributed by atoms with Gasteiger partial charge in [-0.3, -0.25) is 9.59 Å². The zero-order valence-corrected chi connectivity index (χ0v) is 14.4. The predicted octanol–water partition coefficient (Wildman–Crippen LogP) is 3.40. The van der Waals surface area contributed by atoms with E-state index in [-0.39, 0.29) is 24.7 Å². The lowest BCUT2D eigenvalue weighted by Crippen LogP contribution is -2.24. The molecule has 3 rings (SSSR count). The number of carbonyl (C=O) groups is 2. The van der Waals surface area contributed by atoms with Gasteiger partial charge >= 0.3 is 0 Å². The van der Waals surface area contributed by atoms with Crippen LogP contribution in [-0.2, 0) is 11.3 Å². The molecule has 2 aromatic carbocycles. The van der Waals surface area contributed by atoms with E-state index in [2.05, 4.69) is 16.0 Å². The molecule has 0 bridgehead atoms. The Labute approximate surface area is 155 Å². The van der Waals surface area contributed by atoms with Crippen LogP contribution < -0.4 is 16.0 Å². The molecule has 3 N–H and O–H groups in total. The first-order valence-corrected chi connectivity index (χ1v) is 8.31. The molecule has 0 spiro atoms. The molecule has 1 aromatic heterocycles. The van der Waals surface area contributed by atoms with Crippen molar-refractivity contribution in [3.63, 3.8) is 0 Å². The highest BCUT2D eigenvalue weighted by atomic mass is 19.1. The molecule has 0 unspecified atom stereocenters. The van der Waals surface area contributed by atoms with E-state index in [4.69, 9.17) is 4.42 Å². The van der Waals surface area contributed by atoms with Crippen molar-refractivity contribution in [1.82, 2.24) is 5.32 Å². The van der Waals surface area contributed by atoms with Crippen molar-refractivity contribution in [2.75, 3.05) is 17.2 Å². The van der Waals surface area contributed by atoms with E-state index in [0.717, 1.165) is 0 Å². The van der Waals surface area contributed by atoms with Gasteiger partial charge in [0.1, 0.15) is 11.6 Å². The van der Waals surface area contributed by atoms with Crippen LogP contribution in [0.5, 0.6) is 0 Å². The first-order valence-electron chi connectivity index (χ1n) is 8.31. The fourth-order valence-electron chi connectivity index (χ4n) is 2.39. The van der Waals surface area contributed by atoms with Gasteiger partial charge in [-0.05, 0) is 42.5 Å². The molecule has 27 heavy (non-hydrogen) atoms. The number of hydrogen-bond donors (Lipinski definition) is 3. The zero-order valence-electron chi connectivity index (χ0n) is 14.4. The standard InChI is InChI=1S/C20H18FN3O3/c21-17-8-1-2-9-18(17)24-19(25)13-22-15-6-3-5-14(11-15)20(26)23-12-16-7-4-10-27-16/h1-11,22H,12-13H2,(H,23,26)(H,24,25). The van der Waals surface area contributed by atoms with Crippen molar-refractivity contribution >= 4 is 23.2 Å². The Morgan fingerprint density at radius 2 is 1.85 bits per heavy atom. The van der Waals surface area contributed by atoms with Crippen molar-refractivity contribution in [1.29, 1.82) is 0 Å². The maximum atomic E-state index is 13.5. The second kappa shape index (κ2) is 8.66. The summed E-state index contributed by atoms with van der Waals surface area (Å²) in [5, 5.41) is 8.15. The average molecular weight is 367 g/mol. The molecular weight excluding hydrogens is 349 g/mol. The number of amides is 2. The van der Waals surface area contributed by atoms with Gasteiger partial charge in [-0.25, -0.2) is 4.39 Å². The highest BCUT2D eigenvalue weighted by Crippen LogP contribution is 2.13. The summed E-state index contributed by atoms with van der Waals surface area (Å²) in [6.07, 6.45) is 1.54. The van der Waals surface area contributed by atoms with Crippen molar-refractivity contribution in [3.05, 3.63) is 84.1 Å². The van der Waals surface area contributed by atoms with E-state index in [0.29, 0.717) is 17.0 Å². The van der Waals surface area contributed by atoms with Crippen molar-refractivity contribution in [2.45, 2.75) is 6.54 Å². The SMILES string of the molecule is O=C(CNc1cccc(C(=O)NCc2ccco2)c1)Nc1ccccc1F. The molecule has 0 aliphatic heterocycles.